The monoisotopic (exact) mass is 324 g/mol. The molecule has 1 rings (SSSR count). The molecule has 20 heavy (non-hydrogen) atoms. The second kappa shape index (κ2) is 5.41. The second-order valence-corrected chi connectivity index (χ2v) is 7.21. The summed E-state index contributed by atoms with van der Waals surface area (Å²) >= 11 is 0. The van der Waals surface area contributed by atoms with Crippen molar-refractivity contribution in [2.45, 2.75) is 13.8 Å². The van der Waals surface area contributed by atoms with Crippen LogP contribution in [0.15, 0.2) is 6.07 Å². The van der Waals surface area contributed by atoms with Crippen molar-refractivity contribution in [3.8, 4) is 0 Å². The van der Waals surface area contributed by atoms with Gasteiger partial charge in [0.2, 0.25) is 0 Å². The predicted molar refractivity (Wildman–Crippen MR) is 70.6 cm³/mol. The maximum absolute atomic E-state index is 11.6. The Hall–Kier alpha value is -1.01. The molecule has 0 fully saturated rings. The first-order valence-corrected chi connectivity index (χ1v) is 8.48. The van der Waals surface area contributed by atoms with Crippen LogP contribution in [0.3, 0.4) is 0 Å². The van der Waals surface area contributed by atoms with Gasteiger partial charge >= 0.3 is 21.2 Å². The van der Waals surface area contributed by atoms with Gasteiger partial charge in [0.15, 0.2) is 0 Å². The van der Waals surface area contributed by atoms with Crippen LogP contribution in [0.1, 0.15) is 21.5 Å². The largest absolute Gasteiger partial charge is 0.465 e. The molecule has 0 aliphatic heterocycles. The first-order valence-electron chi connectivity index (χ1n) is 5.26. The number of carbonyl (C=O) groups is 1. The summed E-state index contributed by atoms with van der Waals surface area (Å²) in [6.45, 7) is 2.47. The zero-order valence-corrected chi connectivity index (χ0v) is 12.7. The number of ether oxygens (including phenoxy) is 1. The van der Waals surface area contributed by atoms with E-state index in [9.17, 15) is 33.5 Å². The lowest BCUT2D eigenvalue weighted by Gasteiger charge is -2.19. The molecule has 0 aromatic heterocycles. The van der Waals surface area contributed by atoms with E-state index in [-0.39, 0.29) is 11.1 Å². The molecule has 10 heteroatoms. The molecule has 0 atom stereocenters. The third-order valence-electron chi connectivity index (χ3n) is 2.69. The van der Waals surface area contributed by atoms with E-state index in [4.69, 9.17) is 0 Å². The molecule has 0 amide bonds. The van der Waals surface area contributed by atoms with Crippen molar-refractivity contribution in [1.82, 2.24) is 0 Å². The molecule has 0 bridgehead atoms. The molecule has 0 aliphatic carbocycles. The number of carbonyl (C=O) groups excluding carboxylic acids is 1. The number of benzene rings is 1. The molecular weight excluding hydrogens is 310 g/mol. The normalized spacial score (nSPS) is 12.3. The number of hydrogen-bond donors (Lipinski definition) is 4. The van der Waals surface area contributed by atoms with E-state index in [2.05, 4.69) is 4.74 Å². The van der Waals surface area contributed by atoms with Gasteiger partial charge in [-0.2, -0.15) is 0 Å². The third-order valence-corrected chi connectivity index (χ3v) is 5.12. The van der Waals surface area contributed by atoms with Gasteiger partial charge in [-0.3, -0.25) is 9.13 Å². The number of methoxy groups -OCH3 is 1. The molecule has 0 saturated heterocycles. The third kappa shape index (κ3) is 3.17. The minimum Gasteiger partial charge on any atom is -0.465 e. The second-order valence-electron chi connectivity index (χ2n) is 4.14. The Labute approximate surface area is 114 Å². The van der Waals surface area contributed by atoms with Crippen molar-refractivity contribution in [3.05, 3.63) is 22.8 Å². The average molecular weight is 324 g/mol. The van der Waals surface area contributed by atoms with Gasteiger partial charge in [-0.15, -0.1) is 0 Å². The van der Waals surface area contributed by atoms with Crippen LogP contribution in [0.5, 0.6) is 0 Å². The van der Waals surface area contributed by atoms with E-state index >= 15 is 0 Å². The van der Waals surface area contributed by atoms with Gasteiger partial charge < -0.3 is 24.3 Å². The van der Waals surface area contributed by atoms with E-state index in [0.29, 0.717) is 0 Å². The molecule has 0 radical (unpaired) electrons. The van der Waals surface area contributed by atoms with Crippen molar-refractivity contribution in [1.29, 1.82) is 0 Å². The summed E-state index contributed by atoms with van der Waals surface area (Å²) in [6.07, 6.45) is 0. The van der Waals surface area contributed by atoms with Crippen LogP contribution in [0.2, 0.25) is 0 Å². The Bertz CT molecular complexity index is 654. The minimum atomic E-state index is -4.92. The summed E-state index contributed by atoms with van der Waals surface area (Å²) in [6, 6.07) is 1.00. The first-order chi connectivity index (χ1) is 8.91. The number of rotatable bonds is 3. The van der Waals surface area contributed by atoms with Crippen molar-refractivity contribution < 1.29 is 38.2 Å². The maximum Gasteiger partial charge on any atom is 0.357 e. The summed E-state index contributed by atoms with van der Waals surface area (Å²) in [5, 5.41) is -1.23. The number of esters is 1. The zero-order chi connectivity index (χ0) is 15.9. The van der Waals surface area contributed by atoms with Crippen LogP contribution in [0, 0.1) is 13.8 Å². The Balaban J connectivity index is 3.91. The quantitative estimate of drug-likeness (QED) is 0.438. The molecule has 4 N–H and O–H groups in total. The standard InChI is InChI=1S/C10H14O8P2/c1-5-4-7(10(11)18-3)9(20(15,16)17)6(2)8(5)19(12,13)14/h4H,1-3H3,(H2,12,13,14)(H2,15,16,17). The highest BCUT2D eigenvalue weighted by atomic mass is 31.2. The fourth-order valence-corrected chi connectivity index (χ4v) is 4.23. The van der Waals surface area contributed by atoms with Gasteiger partial charge in [0, 0.05) is 0 Å². The number of hydrogen-bond acceptors (Lipinski definition) is 4. The van der Waals surface area contributed by atoms with Gasteiger partial charge in [-0.05, 0) is 31.0 Å². The van der Waals surface area contributed by atoms with Crippen LogP contribution in [0.25, 0.3) is 0 Å². The molecule has 1 aromatic carbocycles. The van der Waals surface area contributed by atoms with Crippen LogP contribution >= 0.6 is 15.2 Å². The van der Waals surface area contributed by atoms with Crippen molar-refractivity contribution >= 4 is 31.8 Å². The molecule has 8 nitrogen and oxygen atoms in total. The maximum atomic E-state index is 11.6. The van der Waals surface area contributed by atoms with Gasteiger partial charge in [0.1, 0.15) is 0 Å². The average Bonchev–Trinajstić information content (AvgIpc) is 2.22. The Morgan fingerprint density at radius 2 is 1.50 bits per heavy atom. The van der Waals surface area contributed by atoms with E-state index in [0.717, 1.165) is 20.1 Å². The van der Waals surface area contributed by atoms with Crippen LogP contribution < -0.4 is 10.6 Å². The molecule has 112 valence electrons. The lowest BCUT2D eigenvalue weighted by atomic mass is 10.1. The van der Waals surface area contributed by atoms with Crippen molar-refractivity contribution in [2.24, 2.45) is 0 Å². The van der Waals surface area contributed by atoms with Crippen LogP contribution in [-0.4, -0.2) is 32.7 Å². The van der Waals surface area contributed by atoms with Gasteiger partial charge in [-0.25, -0.2) is 4.79 Å². The molecular formula is C10H14O8P2. The minimum absolute atomic E-state index is 0.0495. The summed E-state index contributed by atoms with van der Waals surface area (Å²) in [4.78, 5) is 48.8. The first kappa shape index (κ1) is 17.0. The molecule has 0 spiro atoms. The van der Waals surface area contributed by atoms with Gasteiger partial charge in [-0.1, -0.05) is 0 Å². The highest BCUT2D eigenvalue weighted by molar-refractivity contribution is 7.62. The van der Waals surface area contributed by atoms with Gasteiger partial charge in [0.05, 0.1) is 23.3 Å². The zero-order valence-electron chi connectivity index (χ0n) is 10.9. The molecule has 0 unspecified atom stereocenters. The van der Waals surface area contributed by atoms with Crippen LogP contribution in [-0.2, 0) is 13.9 Å². The van der Waals surface area contributed by atoms with E-state index in [1.807, 2.05) is 0 Å². The fourth-order valence-electron chi connectivity index (χ4n) is 2.05. The fraction of sp³-hybridized carbons (Fsp3) is 0.300. The summed E-state index contributed by atoms with van der Waals surface area (Å²) in [5.41, 5.74) is -0.673. The Morgan fingerprint density at radius 3 is 1.85 bits per heavy atom. The summed E-state index contributed by atoms with van der Waals surface area (Å²) < 4.78 is 27.4. The van der Waals surface area contributed by atoms with Crippen molar-refractivity contribution in [2.75, 3.05) is 7.11 Å². The molecule has 1 aromatic rings. The summed E-state index contributed by atoms with van der Waals surface area (Å²) in [7, 11) is -8.63. The molecule has 0 heterocycles. The topological polar surface area (TPSA) is 141 Å². The number of aryl methyl sites for hydroxylation is 1. The lowest BCUT2D eigenvalue weighted by Crippen LogP contribution is -2.28. The van der Waals surface area contributed by atoms with E-state index in [1.165, 1.54) is 6.92 Å². The Kier molecular flexibility index (Phi) is 4.61. The smallest absolute Gasteiger partial charge is 0.357 e. The molecule has 0 saturated carbocycles. The highest BCUT2D eigenvalue weighted by Gasteiger charge is 2.34. The van der Waals surface area contributed by atoms with Gasteiger partial charge in [0.25, 0.3) is 0 Å². The molecule has 0 aliphatic rings. The van der Waals surface area contributed by atoms with E-state index in [1.54, 1.807) is 0 Å². The SMILES string of the molecule is COC(=O)c1cc(C)c(P(=O)(O)O)c(C)c1P(=O)(O)O. The highest BCUT2D eigenvalue weighted by Crippen LogP contribution is 2.41. The Morgan fingerprint density at radius 1 is 1.05 bits per heavy atom. The predicted octanol–water partition coefficient (Wildman–Crippen LogP) is -0.304. The van der Waals surface area contributed by atoms with Crippen LogP contribution in [0.4, 0.5) is 0 Å². The lowest BCUT2D eigenvalue weighted by molar-refractivity contribution is 0.0601. The van der Waals surface area contributed by atoms with E-state index < -0.39 is 37.3 Å². The summed E-state index contributed by atoms with van der Waals surface area (Å²) in [5.74, 6) is -0.994. The van der Waals surface area contributed by atoms with Crippen molar-refractivity contribution in [3.63, 3.8) is 0 Å².